The van der Waals surface area contributed by atoms with Gasteiger partial charge in [0.15, 0.2) is 0 Å². The molecule has 0 spiro atoms. The number of anilines is 1. The Hall–Kier alpha value is -1.81. The zero-order chi connectivity index (χ0) is 14.3. The molecule has 1 aliphatic rings. The Bertz CT molecular complexity index is 652. The summed E-state index contributed by atoms with van der Waals surface area (Å²) in [5, 5.41) is 10.5. The number of hydrogen-bond donors (Lipinski definition) is 2. The minimum absolute atomic E-state index is 0.00845. The van der Waals surface area contributed by atoms with Crippen molar-refractivity contribution < 1.29 is 9.90 Å². The summed E-state index contributed by atoms with van der Waals surface area (Å²) in [7, 11) is 0. The van der Waals surface area contributed by atoms with Crippen LogP contribution in [0.2, 0.25) is 0 Å². The number of hydrogen-bond acceptors (Lipinski definition) is 3. The van der Waals surface area contributed by atoms with Crippen LogP contribution in [0, 0.1) is 12.8 Å². The highest BCUT2D eigenvalue weighted by molar-refractivity contribution is 5.99. The first-order chi connectivity index (χ1) is 9.58. The van der Waals surface area contributed by atoms with E-state index in [1.165, 1.54) is 0 Å². The highest BCUT2D eigenvalue weighted by Crippen LogP contribution is 2.30. The highest BCUT2D eigenvalue weighted by atomic mass is 16.3. The second kappa shape index (κ2) is 4.94. The van der Waals surface area contributed by atoms with Crippen molar-refractivity contribution in [1.82, 2.24) is 4.57 Å². The fourth-order valence-corrected chi connectivity index (χ4v) is 3.18. The summed E-state index contributed by atoms with van der Waals surface area (Å²) in [4.78, 5) is 12.8. The molecule has 0 bridgehead atoms. The largest absolute Gasteiger partial charge is 0.398 e. The molecule has 1 fully saturated rings. The van der Waals surface area contributed by atoms with E-state index in [2.05, 4.69) is 0 Å². The van der Waals surface area contributed by atoms with Gasteiger partial charge in [-0.25, -0.2) is 0 Å². The normalized spacial score (nSPS) is 23.1. The van der Waals surface area contributed by atoms with Gasteiger partial charge in [0, 0.05) is 22.7 Å². The summed E-state index contributed by atoms with van der Waals surface area (Å²) in [6, 6.07) is 7.65. The summed E-state index contributed by atoms with van der Waals surface area (Å²) in [6.07, 6.45) is 2.73. The van der Waals surface area contributed by atoms with Crippen molar-refractivity contribution in [2.45, 2.75) is 38.7 Å². The number of aliphatic hydroxyl groups is 1. The van der Waals surface area contributed by atoms with Crippen LogP contribution in [0.1, 0.15) is 36.2 Å². The van der Waals surface area contributed by atoms with Gasteiger partial charge in [0.1, 0.15) is 0 Å². The van der Waals surface area contributed by atoms with E-state index in [-0.39, 0.29) is 17.9 Å². The van der Waals surface area contributed by atoms with Gasteiger partial charge >= 0.3 is 0 Å². The number of aliphatic hydroxyl groups excluding tert-OH is 1. The molecule has 0 atom stereocenters. The van der Waals surface area contributed by atoms with E-state index in [1.54, 1.807) is 4.57 Å². The SMILES string of the molecule is Cc1cc2c(N)cccc2n1C(=O)C1CCC(O)CC1. The lowest BCUT2D eigenvalue weighted by molar-refractivity contribution is 0.0690. The molecule has 0 aliphatic heterocycles. The summed E-state index contributed by atoms with van der Waals surface area (Å²) in [6.45, 7) is 1.94. The maximum atomic E-state index is 12.8. The van der Waals surface area contributed by atoms with Gasteiger partial charge in [-0.2, -0.15) is 0 Å². The number of nitrogens with zero attached hydrogens (tertiary/aromatic N) is 1. The molecule has 1 aliphatic carbocycles. The third-order valence-electron chi connectivity index (χ3n) is 4.33. The molecular weight excluding hydrogens is 252 g/mol. The van der Waals surface area contributed by atoms with E-state index in [4.69, 9.17) is 5.73 Å². The molecular formula is C16H20N2O2. The lowest BCUT2D eigenvalue weighted by Crippen LogP contribution is -2.28. The van der Waals surface area contributed by atoms with E-state index in [0.29, 0.717) is 5.69 Å². The highest BCUT2D eigenvalue weighted by Gasteiger charge is 2.27. The molecule has 4 heteroatoms. The number of carbonyl (C=O) groups is 1. The summed E-state index contributed by atoms with van der Waals surface area (Å²) in [5.74, 6) is 0.143. The molecule has 1 aromatic carbocycles. The first kappa shape index (κ1) is 13.2. The van der Waals surface area contributed by atoms with Crippen LogP contribution in [0.5, 0.6) is 0 Å². The summed E-state index contributed by atoms with van der Waals surface area (Å²) >= 11 is 0. The van der Waals surface area contributed by atoms with Gasteiger partial charge in [0.25, 0.3) is 0 Å². The molecule has 2 aromatic rings. The fraction of sp³-hybridized carbons (Fsp3) is 0.438. The molecule has 3 rings (SSSR count). The van der Waals surface area contributed by atoms with Crippen molar-refractivity contribution in [1.29, 1.82) is 0 Å². The van der Waals surface area contributed by atoms with Crippen LogP contribution in [0.25, 0.3) is 10.9 Å². The van der Waals surface area contributed by atoms with E-state index in [9.17, 15) is 9.90 Å². The van der Waals surface area contributed by atoms with Crippen molar-refractivity contribution in [2.75, 3.05) is 5.73 Å². The Kier molecular flexibility index (Phi) is 3.26. The molecule has 1 saturated carbocycles. The van der Waals surface area contributed by atoms with Crippen LogP contribution in [0.4, 0.5) is 5.69 Å². The van der Waals surface area contributed by atoms with Crippen LogP contribution >= 0.6 is 0 Å². The number of nitrogen functional groups attached to an aromatic ring is 1. The molecule has 1 heterocycles. The number of nitrogens with two attached hydrogens (primary N) is 1. The quantitative estimate of drug-likeness (QED) is 0.784. The third kappa shape index (κ3) is 2.10. The molecule has 106 valence electrons. The van der Waals surface area contributed by atoms with Gasteiger partial charge < -0.3 is 10.8 Å². The molecule has 0 amide bonds. The first-order valence-corrected chi connectivity index (χ1v) is 7.16. The monoisotopic (exact) mass is 272 g/mol. The van der Waals surface area contributed by atoms with Crippen molar-refractivity contribution in [3.8, 4) is 0 Å². The van der Waals surface area contributed by atoms with Crippen LogP contribution in [-0.2, 0) is 0 Å². The maximum Gasteiger partial charge on any atom is 0.234 e. The van der Waals surface area contributed by atoms with E-state index in [1.807, 2.05) is 31.2 Å². The zero-order valence-corrected chi connectivity index (χ0v) is 11.7. The van der Waals surface area contributed by atoms with Crippen LogP contribution in [0.15, 0.2) is 24.3 Å². The smallest absolute Gasteiger partial charge is 0.234 e. The minimum Gasteiger partial charge on any atom is -0.398 e. The Morgan fingerprint density at radius 1 is 1.30 bits per heavy atom. The average molecular weight is 272 g/mol. The minimum atomic E-state index is -0.239. The van der Waals surface area contributed by atoms with Crippen LogP contribution < -0.4 is 5.73 Å². The molecule has 0 radical (unpaired) electrons. The molecule has 20 heavy (non-hydrogen) atoms. The number of benzene rings is 1. The van der Waals surface area contributed by atoms with Crippen molar-refractivity contribution in [2.24, 2.45) is 5.92 Å². The number of aryl methyl sites for hydroxylation is 1. The van der Waals surface area contributed by atoms with Crippen LogP contribution in [0.3, 0.4) is 0 Å². The van der Waals surface area contributed by atoms with Gasteiger partial charge in [0.05, 0.1) is 11.6 Å². The van der Waals surface area contributed by atoms with Gasteiger partial charge in [-0.3, -0.25) is 9.36 Å². The first-order valence-electron chi connectivity index (χ1n) is 7.16. The standard InChI is InChI=1S/C16H20N2O2/c1-10-9-13-14(17)3-2-4-15(13)18(10)16(20)11-5-7-12(19)8-6-11/h2-4,9,11-12,19H,5-8,17H2,1H3. The van der Waals surface area contributed by atoms with Gasteiger partial charge in [-0.15, -0.1) is 0 Å². The Morgan fingerprint density at radius 3 is 2.70 bits per heavy atom. The van der Waals surface area contributed by atoms with E-state index >= 15 is 0 Å². The predicted octanol–water partition coefficient (Wildman–Crippen LogP) is 2.72. The lowest BCUT2D eigenvalue weighted by Gasteiger charge is -2.25. The van der Waals surface area contributed by atoms with E-state index in [0.717, 1.165) is 42.3 Å². The van der Waals surface area contributed by atoms with Gasteiger partial charge in [-0.05, 0) is 50.8 Å². The molecule has 1 aromatic heterocycles. The van der Waals surface area contributed by atoms with Crippen molar-refractivity contribution >= 4 is 22.5 Å². The van der Waals surface area contributed by atoms with Crippen molar-refractivity contribution in [3.63, 3.8) is 0 Å². The number of fused-ring (bicyclic) bond motifs is 1. The van der Waals surface area contributed by atoms with Gasteiger partial charge in [0.2, 0.25) is 5.91 Å². The van der Waals surface area contributed by atoms with E-state index < -0.39 is 0 Å². The number of carbonyl (C=O) groups excluding carboxylic acids is 1. The third-order valence-corrected chi connectivity index (χ3v) is 4.33. The number of rotatable bonds is 1. The second-order valence-corrected chi connectivity index (χ2v) is 5.74. The number of aromatic nitrogens is 1. The molecule has 0 unspecified atom stereocenters. The summed E-state index contributed by atoms with van der Waals surface area (Å²) in [5.41, 5.74) is 8.50. The molecule has 4 nitrogen and oxygen atoms in total. The van der Waals surface area contributed by atoms with Crippen LogP contribution in [-0.4, -0.2) is 21.7 Å². The predicted molar refractivity (Wildman–Crippen MR) is 79.7 cm³/mol. The molecule has 3 N–H and O–H groups in total. The topological polar surface area (TPSA) is 68.2 Å². The second-order valence-electron chi connectivity index (χ2n) is 5.74. The molecule has 0 saturated heterocycles. The van der Waals surface area contributed by atoms with Crippen molar-refractivity contribution in [3.05, 3.63) is 30.0 Å². The Balaban J connectivity index is 1.99. The lowest BCUT2D eigenvalue weighted by atomic mass is 9.87. The Labute approximate surface area is 118 Å². The summed E-state index contributed by atoms with van der Waals surface area (Å²) < 4.78 is 1.79. The fourth-order valence-electron chi connectivity index (χ4n) is 3.18. The average Bonchev–Trinajstić information content (AvgIpc) is 2.77. The maximum absolute atomic E-state index is 12.8. The van der Waals surface area contributed by atoms with Gasteiger partial charge in [-0.1, -0.05) is 6.07 Å². The zero-order valence-electron chi connectivity index (χ0n) is 11.7. The Morgan fingerprint density at radius 2 is 2.00 bits per heavy atom.